The number of piperazine rings is 1. The van der Waals surface area contributed by atoms with Crippen molar-refractivity contribution in [2.45, 2.75) is 13.0 Å². The fourth-order valence-electron chi connectivity index (χ4n) is 4.60. The van der Waals surface area contributed by atoms with Gasteiger partial charge in [-0.3, -0.25) is 4.79 Å². The summed E-state index contributed by atoms with van der Waals surface area (Å²) in [6.07, 6.45) is 1.58. The van der Waals surface area contributed by atoms with Gasteiger partial charge in [0, 0.05) is 36.1 Å². The molecule has 2 aromatic carbocycles. The Balaban J connectivity index is 1.42. The number of hydrogen-bond acceptors (Lipinski definition) is 6. The lowest BCUT2D eigenvalue weighted by Crippen LogP contribution is -2.54. The molecule has 1 aliphatic heterocycles. The Morgan fingerprint density at radius 1 is 1.11 bits per heavy atom. The highest BCUT2D eigenvalue weighted by Gasteiger charge is 2.32. The number of halogens is 2. The second-order valence-electron chi connectivity index (χ2n) is 8.51. The van der Waals surface area contributed by atoms with Gasteiger partial charge in [-0.05, 0) is 49.4 Å². The first-order valence-electron chi connectivity index (χ1n) is 11.2. The maximum atomic E-state index is 14.3. The quantitative estimate of drug-likeness (QED) is 0.365. The van der Waals surface area contributed by atoms with Crippen LogP contribution in [0.4, 0.5) is 10.3 Å². The van der Waals surface area contributed by atoms with E-state index in [0.717, 1.165) is 5.39 Å². The van der Waals surface area contributed by atoms with Gasteiger partial charge in [0.1, 0.15) is 5.82 Å². The molecule has 35 heavy (non-hydrogen) atoms. The molecule has 0 bridgehead atoms. The van der Waals surface area contributed by atoms with E-state index in [9.17, 15) is 9.18 Å². The van der Waals surface area contributed by atoms with Crippen molar-refractivity contribution in [3.8, 4) is 11.6 Å². The Morgan fingerprint density at radius 2 is 1.97 bits per heavy atom. The molecule has 0 spiro atoms. The Kier molecular flexibility index (Phi) is 5.14. The third-order valence-electron chi connectivity index (χ3n) is 6.30. The molecule has 6 rings (SSSR count). The van der Waals surface area contributed by atoms with Crippen LogP contribution in [0.25, 0.3) is 28.1 Å². The summed E-state index contributed by atoms with van der Waals surface area (Å²) in [5.41, 5.74) is 1.40. The Labute approximate surface area is 204 Å². The minimum Gasteiger partial charge on any atom is -0.461 e. The summed E-state index contributed by atoms with van der Waals surface area (Å²) < 4.78 is 21.7. The van der Waals surface area contributed by atoms with Gasteiger partial charge in [-0.25, -0.2) is 13.8 Å². The molecule has 0 saturated carbocycles. The zero-order chi connectivity index (χ0) is 24.1. The van der Waals surface area contributed by atoms with Gasteiger partial charge in [-0.15, -0.1) is 10.2 Å². The molecule has 1 fully saturated rings. The van der Waals surface area contributed by atoms with E-state index in [0.29, 0.717) is 53.4 Å². The zero-order valence-electron chi connectivity index (χ0n) is 18.7. The average molecular weight is 491 g/mol. The number of carbonyl (C=O) groups is 1. The molecule has 1 atom stereocenters. The molecule has 176 valence electrons. The minimum atomic E-state index is -0.519. The first kappa shape index (κ1) is 21.5. The van der Waals surface area contributed by atoms with Gasteiger partial charge in [0.15, 0.2) is 11.4 Å². The molecule has 10 heteroatoms. The minimum absolute atomic E-state index is 0.0765. The Hall–Kier alpha value is -3.98. The second-order valence-corrected chi connectivity index (χ2v) is 8.94. The molecule has 3 aromatic heterocycles. The Morgan fingerprint density at radius 3 is 2.74 bits per heavy atom. The highest BCUT2D eigenvalue weighted by atomic mass is 35.5. The summed E-state index contributed by atoms with van der Waals surface area (Å²) in [5.74, 6) is 0.877. The normalized spacial score (nSPS) is 16.4. The lowest BCUT2D eigenvalue weighted by Gasteiger charge is -2.40. The van der Waals surface area contributed by atoms with Crippen molar-refractivity contribution in [1.29, 1.82) is 0 Å². The monoisotopic (exact) mass is 490 g/mol. The third kappa shape index (κ3) is 3.59. The molecule has 0 aliphatic carbocycles. The SMILES string of the molecule is CC1CN(c2nc3cc(Cl)ccc3c3nnc(-c4ccco4)n23)CCN1C(=O)c1ccccc1F. The van der Waals surface area contributed by atoms with E-state index < -0.39 is 5.82 Å². The van der Waals surface area contributed by atoms with Crippen molar-refractivity contribution in [2.24, 2.45) is 0 Å². The van der Waals surface area contributed by atoms with Crippen molar-refractivity contribution in [3.63, 3.8) is 0 Å². The van der Waals surface area contributed by atoms with Crippen LogP contribution in [0.3, 0.4) is 0 Å². The average Bonchev–Trinajstić information content (AvgIpc) is 3.53. The second kappa shape index (κ2) is 8.35. The number of aromatic nitrogens is 4. The van der Waals surface area contributed by atoms with Crippen LogP contribution >= 0.6 is 11.6 Å². The number of fused-ring (bicyclic) bond motifs is 3. The largest absolute Gasteiger partial charge is 0.461 e. The van der Waals surface area contributed by atoms with E-state index in [1.165, 1.54) is 12.1 Å². The molecule has 1 amide bonds. The summed E-state index contributed by atoms with van der Waals surface area (Å²) in [5, 5.41) is 10.2. The van der Waals surface area contributed by atoms with E-state index >= 15 is 0 Å². The highest BCUT2D eigenvalue weighted by molar-refractivity contribution is 6.31. The smallest absolute Gasteiger partial charge is 0.257 e. The van der Waals surface area contributed by atoms with Crippen LogP contribution in [0.1, 0.15) is 17.3 Å². The lowest BCUT2D eigenvalue weighted by atomic mass is 10.1. The van der Waals surface area contributed by atoms with E-state index in [-0.39, 0.29) is 17.5 Å². The van der Waals surface area contributed by atoms with E-state index in [2.05, 4.69) is 15.1 Å². The van der Waals surface area contributed by atoms with Gasteiger partial charge in [0.25, 0.3) is 5.91 Å². The summed E-state index contributed by atoms with van der Waals surface area (Å²) in [6.45, 7) is 3.33. The molecule has 0 radical (unpaired) electrons. The fourth-order valence-corrected chi connectivity index (χ4v) is 4.77. The van der Waals surface area contributed by atoms with Crippen molar-refractivity contribution in [3.05, 3.63) is 77.3 Å². The maximum Gasteiger partial charge on any atom is 0.257 e. The van der Waals surface area contributed by atoms with Crippen molar-refractivity contribution < 1.29 is 13.6 Å². The number of carbonyl (C=O) groups excluding carboxylic acids is 1. The highest BCUT2D eigenvalue weighted by Crippen LogP contribution is 2.31. The molecular formula is C25H20ClFN6O2. The summed E-state index contributed by atoms with van der Waals surface area (Å²) >= 11 is 6.26. The van der Waals surface area contributed by atoms with Crippen LogP contribution < -0.4 is 4.90 Å². The van der Waals surface area contributed by atoms with Gasteiger partial charge >= 0.3 is 0 Å². The van der Waals surface area contributed by atoms with Gasteiger partial charge in [0.2, 0.25) is 11.8 Å². The number of furan rings is 1. The standard InChI is InChI=1S/C25H20ClFN6O2/c1-15-14-31(10-11-32(15)24(34)17-5-2-3-6-19(17)27)25-28-20-13-16(26)8-9-18(20)22-29-30-23(33(22)25)21-7-4-12-35-21/h2-9,12-13,15H,10-11,14H2,1H3. The van der Waals surface area contributed by atoms with E-state index in [4.69, 9.17) is 21.0 Å². The first-order chi connectivity index (χ1) is 17.0. The summed E-state index contributed by atoms with van der Waals surface area (Å²) in [4.78, 5) is 21.8. The first-order valence-corrected chi connectivity index (χ1v) is 11.6. The molecule has 0 N–H and O–H groups in total. The number of benzene rings is 2. The molecule has 5 aromatic rings. The van der Waals surface area contributed by atoms with E-state index in [1.54, 1.807) is 41.5 Å². The lowest BCUT2D eigenvalue weighted by molar-refractivity contribution is 0.0668. The van der Waals surface area contributed by atoms with Crippen LogP contribution in [-0.2, 0) is 0 Å². The van der Waals surface area contributed by atoms with Crippen molar-refractivity contribution in [1.82, 2.24) is 24.5 Å². The van der Waals surface area contributed by atoms with Crippen LogP contribution in [0.2, 0.25) is 5.02 Å². The number of amides is 1. The Bertz CT molecular complexity index is 1570. The zero-order valence-corrected chi connectivity index (χ0v) is 19.5. The number of hydrogen-bond donors (Lipinski definition) is 0. The van der Waals surface area contributed by atoms with Gasteiger partial charge in [-0.2, -0.15) is 0 Å². The molecule has 4 heterocycles. The van der Waals surface area contributed by atoms with Crippen LogP contribution in [-0.4, -0.2) is 56.1 Å². The van der Waals surface area contributed by atoms with E-state index in [1.807, 2.05) is 23.5 Å². The van der Waals surface area contributed by atoms with Gasteiger partial charge in [0.05, 0.1) is 17.3 Å². The van der Waals surface area contributed by atoms with Crippen LogP contribution in [0.15, 0.2) is 65.3 Å². The third-order valence-corrected chi connectivity index (χ3v) is 6.54. The molecule has 1 saturated heterocycles. The summed E-state index contributed by atoms with van der Waals surface area (Å²) in [6, 6.07) is 14.9. The molecule has 8 nitrogen and oxygen atoms in total. The predicted octanol–water partition coefficient (Wildman–Crippen LogP) is 4.68. The van der Waals surface area contributed by atoms with Crippen molar-refractivity contribution >= 4 is 40.0 Å². The number of anilines is 1. The van der Waals surface area contributed by atoms with Crippen LogP contribution in [0, 0.1) is 5.82 Å². The van der Waals surface area contributed by atoms with Crippen molar-refractivity contribution in [2.75, 3.05) is 24.5 Å². The van der Waals surface area contributed by atoms with Gasteiger partial charge in [-0.1, -0.05) is 23.7 Å². The summed E-state index contributed by atoms with van der Waals surface area (Å²) in [7, 11) is 0. The predicted molar refractivity (Wildman–Crippen MR) is 130 cm³/mol. The topological polar surface area (TPSA) is 79.8 Å². The number of nitrogens with zero attached hydrogens (tertiary/aromatic N) is 6. The molecule has 1 unspecified atom stereocenters. The number of rotatable bonds is 3. The fraction of sp³-hybridized carbons (Fsp3) is 0.200. The maximum absolute atomic E-state index is 14.3. The molecular weight excluding hydrogens is 471 g/mol. The molecule has 1 aliphatic rings. The van der Waals surface area contributed by atoms with Crippen LogP contribution in [0.5, 0.6) is 0 Å². The van der Waals surface area contributed by atoms with Gasteiger partial charge < -0.3 is 14.2 Å².